The predicted octanol–water partition coefficient (Wildman–Crippen LogP) is 0.107. The molecule has 84 valence electrons. The minimum absolute atomic E-state index is 0.0277. The normalized spacial score (nSPS) is 28.5. The van der Waals surface area contributed by atoms with Crippen LogP contribution in [0, 0.1) is 11.8 Å². The topological polar surface area (TPSA) is 57.6 Å². The van der Waals surface area contributed by atoms with Crippen LogP contribution in [0.4, 0.5) is 0 Å². The average Bonchev–Trinajstić information content (AvgIpc) is 2.97. The summed E-state index contributed by atoms with van der Waals surface area (Å²) in [5, 5.41) is 8.57. The molecule has 2 atom stereocenters. The van der Waals surface area contributed by atoms with Crippen molar-refractivity contribution in [2.75, 3.05) is 24.7 Å². The summed E-state index contributed by atoms with van der Waals surface area (Å²) >= 11 is 1.68. The van der Waals surface area contributed by atoms with Gasteiger partial charge in [-0.3, -0.25) is 14.5 Å². The Morgan fingerprint density at radius 3 is 2.53 bits per heavy atom. The van der Waals surface area contributed by atoms with Gasteiger partial charge < -0.3 is 5.11 Å². The molecule has 2 aliphatic rings. The highest BCUT2D eigenvalue weighted by atomic mass is 32.2. The van der Waals surface area contributed by atoms with Gasteiger partial charge in [-0.25, -0.2) is 0 Å². The number of hydrogen-bond acceptors (Lipinski definition) is 4. The highest BCUT2D eigenvalue weighted by molar-refractivity contribution is 7.99. The molecule has 2 rings (SSSR count). The SMILES string of the molecule is O=C1C2CC2C(=O)N1CCSCCCO. The van der Waals surface area contributed by atoms with Crippen LogP contribution >= 0.6 is 11.8 Å². The average molecular weight is 229 g/mol. The molecule has 1 N–H and O–H groups in total. The van der Waals surface area contributed by atoms with E-state index in [-0.39, 0.29) is 30.3 Å². The molecule has 1 saturated carbocycles. The van der Waals surface area contributed by atoms with E-state index >= 15 is 0 Å². The number of aliphatic hydroxyl groups excluding tert-OH is 1. The summed E-state index contributed by atoms with van der Waals surface area (Å²) in [6.07, 6.45) is 1.56. The van der Waals surface area contributed by atoms with Crippen LogP contribution in [0.1, 0.15) is 12.8 Å². The summed E-state index contributed by atoms with van der Waals surface area (Å²) in [6.45, 7) is 0.749. The highest BCUT2D eigenvalue weighted by Gasteiger charge is 2.58. The van der Waals surface area contributed by atoms with E-state index in [9.17, 15) is 9.59 Å². The fourth-order valence-corrected chi connectivity index (χ4v) is 2.74. The standard InChI is InChI=1S/C10H15NO3S/c12-3-1-4-15-5-2-11-9(13)7-6-8(7)10(11)14/h7-8,12H,1-6H2. The smallest absolute Gasteiger partial charge is 0.233 e. The van der Waals surface area contributed by atoms with Gasteiger partial charge in [0, 0.05) is 18.9 Å². The minimum atomic E-state index is 0.0277. The lowest BCUT2D eigenvalue weighted by Gasteiger charge is -2.15. The molecule has 1 heterocycles. The van der Waals surface area contributed by atoms with Crippen molar-refractivity contribution in [1.82, 2.24) is 4.90 Å². The number of thioether (sulfide) groups is 1. The first-order chi connectivity index (χ1) is 7.25. The zero-order valence-electron chi connectivity index (χ0n) is 8.52. The molecule has 0 aromatic carbocycles. The molecule has 0 bridgehead atoms. The summed E-state index contributed by atoms with van der Waals surface area (Å²) in [6, 6.07) is 0. The Bertz CT molecular complexity index is 262. The fourth-order valence-electron chi connectivity index (χ4n) is 1.89. The third-order valence-corrected chi connectivity index (χ3v) is 3.91. The zero-order chi connectivity index (χ0) is 10.8. The van der Waals surface area contributed by atoms with E-state index in [0.29, 0.717) is 6.54 Å². The molecule has 1 saturated heterocycles. The lowest BCUT2D eigenvalue weighted by molar-refractivity contribution is -0.140. The van der Waals surface area contributed by atoms with Gasteiger partial charge in [-0.2, -0.15) is 11.8 Å². The Hall–Kier alpha value is -0.550. The first-order valence-electron chi connectivity index (χ1n) is 5.29. The molecule has 0 aromatic heterocycles. The van der Waals surface area contributed by atoms with E-state index in [2.05, 4.69) is 0 Å². The molecule has 2 amide bonds. The Labute approximate surface area is 93.0 Å². The molecule has 2 unspecified atom stereocenters. The monoisotopic (exact) mass is 229 g/mol. The van der Waals surface area contributed by atoms with Crippen molar-refractivity contribution in [3.63, 3.8) is 0 Å². The van der Waals surface area contributed by atoms with Crippen molar-refractivity contribution < 1.29 is 14.7 Å². The molecular weight excluding hydrogens is 214 g/mol. The first kappa shape index (κ1) is 11.0. The Kier molecular flexibility index (Phi) is 3.31. The van der Waals surface area contributed by atoms with Gasteiger partial charge in [-0.1, -0.05) is 0 Å². The molecule has 0 spiro atoms. The maximum atomic E-state index is 11.5. The summed E-state index contributed by atoms with van der Waals surface area (Å²) in [5.74, 6) is 1.80. The number of fused-ring (bicyclic) bond motifs is 1. The summed E-state index contributed by atoms with van der Waals surface area (Å²) < 4.78 is 0. The van der Waals surface area contributed by atoms with Gasteiger partial charge in [0.25, 0.3) is 0 Å². The highest BCUT2D eigenvalue weighted by Crippen LogP contribution is 2.46. The van der Waals surface area contributed by atoms with Crippen LogP contribution in [-0.2, 0) is 9.59 Å². The fraction of sp³-hybridized carbons (Fsp3) is 0.800. The van der Waals surface area contributed by atoms with Gasteiger partial charge in [0.1, 0.15) is 0 Å². The summed E-state index contributed by atoms with van der Waals surface area (Å²) in [5.41, 5.74) is 0. The number of hydrogen-bond donors (Lipinski definition) is 1. The van der Waals surface area contributed by atoms with Crippen molar-refractivity contribution in [2.45, 2.75) is 12.8 Å². The number of carbonyl (C=O) groups excluding carboxylic acids is 2. The van der Waals surface area contributed by atoms with Gasteiger partial charge >= 0.3 is 0 Å². The van der Waals surface area contributed by atoms with Crippen molar-refractivity contribution in [1.29, 1.82) is 0 Å². The molecule has 4 nitrogen and oxygen atoms in total. The van der Waals surface area contributed by atoms with Crippen LogP contribution in [0.3, 0.4) is 0 Å². The Morgan fingerprint density at radius 1 is 1.27 bits per heavy atom. The molecule has 1 aliphatic carbocycles. The quantitative estimate of drug-likeness (QED) is 0.518. The number of imide groups is 1. The number of piperidine rings is 1. The molecule has 15 heavy (non-hydrogen) atoms. The second-order valence-corrected chi connectivity index (χ2v) is 5.19. The van der Waals surface area contributed by atoms with E-state index < -0.39 is 0 Å². The third-order valence-electron chi connectivity index (χ3n) is 2.86. The van der Waals surface area contributed by atoms with Gasteiger partial charge in [0.05, 0.1) is 11.8 Å². The van der Waals surface area contributed by atoms with Crippen LogP contribution in [0.5, 0.6) is 0 Å². The van der Waals surface area contributed by atoms with Crippen LogP contribution in [0.25, 0.3) is 0 Å². The lowest BCUT2D eigenvalue weighted by Crippen LogP contribution is -2.34. The van der Waals surface area contributed by atoms with Crippen LogP contribution in [0.2, 0.25) is 0 Å². The Morgan fingerprint density at radius 2 is 1.93 bits per heavy atom. The number of likely N-dealkylation sites (tertiary alicyclic amines) is 1. The van der Waals surface area contributed by atoms with Crippen molar-refractivity contribution in [2.24, 2.45) is 11.8 Å². The van der Waals surface area contributed by atoms with Gasteiger partial charge in [-0.05, 0) is 18.6 Å². The summed E-state index contributed by atoms with van der Waals surface area (Å²) in [4.78, 5) is 24.5. The van der Waals surface area contributed by atoms with Gasteiger partial charge in [0.15, 0.2) is 0 Å². The number of carbonyl (C=O) groups is 2. The molecule has 0 aromatic rings. The molecular formula is C10H15NO3S. The Balaban J connectivity index is 1.67. The molecule has 2 fully saturated rings. The number of nitrogens with zero attached hydrogens (tertiary/aromatic N) is 1. The number of aliphatic hydroxyl groups is 1. The lowest BCUT2D eigenvalue weighted by atomic mass is 10.4. The van der Waals surface area contributed by atoms with Gasteiger partial charge in [0.2, 0.25) is 11.8 Å². The number of rotatable bonds is 6. The van der Waals surface area contributed by atoms with Crippen molar-refractivity contribution in [3.05, 3.63) is 0 Å². The molecule has 0 radical (unpaired) electrons. The van der Waals surface area contributed by atoms with Crippen molar-refractivity contribution >= 4 is 23.6 Å². The van der Waals surface area contributed by atoms with E-state index in [1.807, 2.05) is 0 Å². The largest absolute Gasteiger partial charge is 0.396 e. The maximum Gasteiger partial charge on any atom is 0.233 e. The molecule has 5 heteroatoms. The van der Waals surface area contributed by atoms with E-state index in [0.717, 1.165) is 24.3 Å². The van der Waals surface area contributed by atoms with Gasteiger partial charge in [-0.15, -0.1) is 0 Å². The second kappa shape index (κ2) is 4.53. The van der Waals surface area contributed by atoms with Crippen LogP contribution < -0.4 is 0 Å². The van der Waals surface area contributed by atoms with E-state index in [1.54, 1.807) is 11.8 Å². The third kappa shape index (κ3) is 2.18. The van der Waals surface area contributed by atoms with Crippen LogP contribution in [0.15, 0.2) is 0 Å². The predicted molar refractivity (Wildman–Crippen MR) is 57.3 cm³/mol. The number of amides is 2. The van der Waals surface area contributed by atoms with Crippen molar-refractivity contribution in [3.8, 4) is 0 Å². The van der Waals surface area contributed by atoms with E-state index in [4.69, 9.17) is 5.11 Å². The maximum absolute atomic E-state index is 11.5. The molecule has 1 aliphatic heterocycles. The second-order valence-electron chi connectivity index (χ2n) is 3.97. The minimum Gasteiger partial charge on any atom is -0.396 e. The summed E-state index contributed by atoms with van der Waals surface area (Å²) in [7, 11) is 0. The zero-order valence-corrected chi connectivity index (χ0v) is 9.33. The van der Waals surface area contributed by atoms with E-state index in [1.165, 1.54) is 4.90 Å². The first-order valence-corrected chi connectivity index (χ1v) is 6.45. The van der Waals surface area contributed by atoms with Crippen LogP contribution in [-0.4, -0.2) is 46.5 Å².